The molecule has 2 aromatic rings. The number of carbonyl (C=O) groups excluding carboxylic acids is 1. The molecule has 0 unspecified atom stereocenters. The number of hydrogen-bond acceptors (Lipinski definition) is 5. The van der Waals surface area contributed by atoms with E-state index in [4.69, 9.17) is 11.6 Å². The van der Waals surface area contributed by atoms with Crippen molar-refractivity contribution in [3.8, 4) is 0 Å². The van der Waals surface area contributed by atoms with Gasteiger partial charge in [-0.15, -0.1) is 0 Å². The molecule has 1 aliphatic rings. The number of anilines is 1. The Kier molecular flexibility index (Phi) is 8.53. The van der Waals surface area contributed by atoms with Gasteiger partial charge in [-0.1, -0.05) is 43.6 Å². The first-order valence-corrected chi connectivity index (χ1v) is 12.8. The summed E-state index contributed by atoms with van der Waals surface area (Å²) >= 11 is 6.16. The highest BCUT2D eigenvalue weighted by Gasteiger charge is 2.25. The summed E-state index contributed by atoms with van der Waals surface area (Å²) in [4.78, 5) is 17.3. The number of amides is 1. The molecule has 9 heteroatoms. The van der Waals surface area contributed by atoms with Crippen LogP contribution in [0, 0.1) is 0 Å². The monoisotopic (exact) mass is 478 g/mol. The van der Waals surface area contributed by atoms with Crippen molar-refractivity contribution in [2.24, 2.45) is 0 Å². The van der Waals surface area contributed by atoms with Gasteiger partial charge in [-0.2, -0.15) is 4.31 Å². The van der Waals surface area contributed by atoms with Crippen LogP contribution in [0.3, 0.4) is 0 Å². The maximum atomic E-state index is 12.8. The van der Waals surface area contributed by atoms with Gasteiger partial charge in [-0.05, 0) is 30.3 Å². The molecule has 0 aliphatic carbocycles. The Labute approximate surface area is 196 Å². The average molecular weight is 479 g/mol. The van der Waals surface area contributed by atoms with Crippen LogP contribution in [0.5, 0.6) is 0 Å². The molecular formula is C23H31ClN4O3S. The molecule has 1 fully saturated rings. The Balaban J connectivity index is 1.54. The number of nitrogens with zero attached hydrogens (tertiary/aromatic N) is 3. The van der Waals surface area contributed by atoms with Gasteiger partial charge in [-0.3, -0.25) is 9.69 Å². The van der Waals surface area contributed by atoms with Crippen LogP contribution in [0.25, 0.3) is 0 Å². The molecular weight excluding hydrogens is 448 g/mol. The van der Waals surface area contributed by atoms with Gasteiger partial charge in [0.2, 0.25) is 10.0 Å². The molecule has 0 atom stereocenters. The van der Waals surface area contributed by atoms with Crippen molar-refractivity contribution in [2.75, 3.05) is 57.3 Å². The SMILES string of the molecule is CCN(CC)S(=O)(=O)c1cc(C(=O)NCCN2CCN(c3ccccc3)CC2)ccc1Cl. The van der Waals surface area contributed by atoms with Crippen LogP contribution in [0.2, 0.25) is 5.02 Å². The van der Waals surface area contributed by atoms with Crippen molar-refractivity contribution in [1.29, 1.82) is 0 Å². The summed E-state index contributed by atoms with van der Waals surface area (Å²) < 4.78 is 27.0. The number of benzene rings is 2. The zero-order valence-electron chi connectivity index (χ0n) is 18.6. The number of sulfonamides is 1. The molecule has 0 saturated carbocycles. The lowest BCUT2D eigenvalue weighted by atomic mass is 10.2. The molecule has 1 aliphatic heterocycles. The van der Waals surface area contributed by atoms with Crippen molar-refractivity contribution in [1.82, 2.24) is 14.5 Å². The average Bonchev–Trinajstić information content (AvgIpc) is 2.81. The predicted molar refractivity (Wildman–Crippen MR) is 129 cm³/mol. The molecule has 0 aromatic heterocycles. The Morgan fingerprint density at radius 1 is 1.03 bits per heavy atom. The Hall–Kier alpha value is -2.13. The maximum absolute atomic E-state index is 12.8. The van der Waals surface area contributed by atoms with Gasteiger partial charge in [0.1, 0.15) is 4.90 Å². The second-order valence-electron chi connectivity index (χ2n) is 7.65. The summed E-state index contributed by atoms with van der Waals surface area (Å²) in [5.74, 6) is -0.305. The Morgan fingerprint density at radius 3 is 2.31 bits per heavy atom. The van der Waals surface area contributed by atoms with E-state index in [1.165, 1.54) is 22.1 Å². The third-order valence-electron chi connectivity index (χ3n) is 5.72. The van der Waals surface area contributed by atoms with E-state index in [9.17, 15) is 13.2 Å². The van der Waals surface area contributed by atoms with E-state index in [-0.39, 0.29) is 21.4 Å². The zero-order valence-corrected chi connectivity index (χ0v) is 20.2. The Bertz CT molecular complexity index is 1010. The van der Waals surface area contributed by atoms with Crippen LogP contribution >= 0.6 is 11.6 Å². The summed E-state index contributed by atoms with van der Waals surface area (Å²) in [6, 6.07) is 14.7. The highest BCUT2D eigenvalue weighted by atomic mass is 35.5. The smallest absolute Gasteiger partial charge is 0.251 e. The normalized spacial score (nSPS) is 15.2. The molecule has 174 valence electrons. The number of nitrogens with one attached hydrogen (secondary N) is 1. The zero-order chi connectivity index (χ0) is 23.1. The fourth-order valence-electron chi connectivity index (χ4n) is 3.84. The van der Waals surface area contributed by atoms with E-state index in [0.717, 1.165) is 32.7 Å². The number of rotatable bonds is 9. The molecule has 2 aromatic carbocycles. The van der Waals surface area contributed by atoms with Gasteiger partial charge in [0.15, 0.2) is 0 Å². The fourth-order valence-corrected chi connectivity index (χ4v) is 5.80. The molecule has 1 amide bonds. The van der Waals surface area contributed by atoms with Gasteiger partial charge in [0.25, 0.3) is 5.91 Å². The minimum absolute atomic E-state index is 0.0347. The van der Waals surface area contributed by atoms with E-state index in [2.05, 4.69) is 27.2 Å². The minimum atomic E-state index is -3.75. The second kappa shape index (κ2) is 11.1. The standard InChI is InChI=1S/C23H31ClN4O3S/c1-3-28(4-2)32(30,31)22-18-19(10-11-21(22)24)23(29)25-12-13-26-14-16-27(17-15-26)20-8-6-5-7-9-20/h5-11,18H,3-4,12-17H2,1-2H3,(H,25,29). The number of halogens is 1. The first-order chi connectivity index (χ1) is 15.4. The van der Waals surface area contributed by atoms with Gasteiger partial charge in [0, 0.05) is 63.6 Å². The van der Waals surface area contributed by atoms with Crippen molar-refractivity contribution in [3.63, 3.8) is 0 Å². The molecule has 0 bridgehead atoms. The van der Waals surface area contributed by atoms with Crippen LogP contribution in [-0.4, -0.2) is 75.9 Å². The second-order valence-corrected chi connectivity index (χ2v) is 9.97. The van der Waals surface area contributed by atoms with E-state index in [1.54, 1.807) is 19.9 Å². The predicted octanol–water partition coefficient (Wildman–Crippen LogP) is 2.92. The van der Waals surface area contributed by atoms with Crippen LogP contribution in [0.4, 0.5) is 5.69 Å². The molecule has 1 heterocycles. The quantitative estimate of drug-likeness (QED) is 0.600. The summed E-state index contributed by atoms with van der Waals surface area (Å²) in [6.45, 7) is 9.19. The van der Waals surface area contributed by atoms with Crippen LogP contribution in [0.15, 0.2) is 53.4 Å². The van der Waals surface area contributed by atoms with Gasteiger partial charge in [0.05, 0.1) is 5.02 Å². The van der Waals surface area contributed by atoms with Crippen molar-refractivity contribution in [3.05, 3.63) is 59.1 Å². The van der Waals surface area contributed by atoms with E-state index >= 15 is 0 Å². The van der Waals surface area contributed by atoms with E-state index in [0.29, 0.717) is 19.6 Å². The number of piperazine rings is 1. The molecule has 0 radical (unpaired) electrons. The first-order valence-electron chi connectivity index (χ1n) is 11.0. The summed E-state index contributed by atoms with van der Waals surface area (Å²) in [5, 5.41) is 3.01. The van der Waals surface area contributed by atoms with Gasteiger partial charge >= 0.3 is 0 Å². The molecule has 1 saturated heterocycles. The third-order valence-corrected chi connectivity index (χ3v) is 8.26. The summed E-state index contributed by atoms with van der Waals surface area (Å²) in [7, 11) is -3.75. The lowest BCUT2D eigenvalue weighted by Crippen LogP contribution is -2.48. The van der Waals surface area contributed by atoms with Crippen LogP contribution < -0.4 is 10.2 Å². The topological polar surface area (TPSA) is 73.0 Å². The summed E-state index contributed by atoms with van der Waals surface area (Å²) in [6.07, 6.45) is 0. The van der Waals surface area contributed by atoms with Crippen LogP contribution in [-0.2, 0) is 10.0 Å². The van der Waals surface area contributed by atoms with Crippen LogP contribution in [0.1, 0.15) is 24.2 Å². The van der Waals surface area contributed by atoms with Crippen molar-refractivity contribution < 1.29 is 13.2 Å². The van der Waals surface area contributed by atoms with Crippen molar-refractivity contribution in [2.45, 2.75) is 18.7 Å². The number of hydrogen-bond donors (Lipinski definition) is 1. The molecule has 7 nitrogen and oxygen atoms in total. The summed E-state index contributed by atoms with van der Waals surface area (Å²) in [5.41, 5.74) is 1.52. The largest absolute Gasteiger partial charge is 0.369 e. The minimum Gasteiger partial charge on any atom is -0.369 e. The van der Waals surface area contributed by atoms with Crippen molar-refractivity contribution >= 4 is 33.2 Å². The maximum Gasteiger partial charge on any atom is 0.251 e. The third kappa shape index (κ3) is 5.81. The van der Waals surface area contributed by atoms with Gasteiger partial charge < -0.3 is 10.2 Å². The Morgan fingerprint density at radius 2 is 1.69 bits per heavy atom. The lowest BCUT2D eigenvalue weighted by molar-refractivity contribution is 0.0947. The number of para-hydroxylation sites is 1. The molecule has 32 heavy (non-hydrogen) atoms. The van der Waals surface area contributed by atoms with E-state index in [1.807, 2.05) is 18.2 Å². The molecule has 3 rings (SSSR count). The highest BCUT2D eigenvalue weighted by molar-refractivity contribution is 7.89. The first kappa shape index (κ1) is 24.5. The lowest BCUT2D eigenvalue weighted by Gasteiger charge is -2.36. The molecule has 0 spiro atoms. The number of carbonyl (C=O) groups is 1. The van der Waals surface area contributed by atoms with E-state index < -0.39 is 10.0 Å². The van der Waals surface area contributed by atoms with Gasteiger partial charge in [-0.25, -0.2) is 8.42 Å². The molecule has 1 N–H and O–H groups in total. The highest BCUT2D eigenvalue weighted by Crippen LogP contribution is 2.26. The fraction of sp³-hybridized carbons (Fsp3) is 0.435.